The first-order valence-electron chi connectivity index (χ1n) is 7.28. The topological polar surface area (TPSA) is 47.6 Å². The molecule has 1 fully saturated rings. The highest BCUT2D eigenvalue weighted by Gasteiger charge is 2.37. The van der Waals surface area contributed by atoms with E-state index in [1.54, 1.807) is 0 Å². The largest absolute Gasteiger partial charge is 0.406 e. The highest BCUT2D eigenvalue weighted by Crippen LogP contribution is 2.51. The van der Waals surface area contributed by atoms with Crippen molar-refractivity contribution in [1.29, 1.82) is 0 Å². The Morgan fingerprint density at radius 1 is 0.895 bits per heavy atom. The van der Waals surface area contributed by atoms with Gasteiger partial charge in [-0.25, -0.2) is 9.65 Å². The molecule has 0 amide bonds. The van der Waals surface area contributed by atoms with Crippen LogP contribution in [0.25, 0.3) is 0 Å². The molecule has 5 heteroatoms. The van der Waals surface area contributed by atoms with Gasteiger partial charge in [-0.3, -0.25) is 9.05 Å². The summed E-state index contributed by atoms with van der Waals surface area (Å²) in [7, 11) is -3.28. The fourth-order valence-corrected chi connectivity index (χ4v) is 4.54. The third kappa shape index (κ3) is 7.45. The van der Waals surface area contributed by atoms with E-state index in [-0.39, 0.29) is 6.04 Å². The molecular formula is C14H30NO3P. The summed E-state index contributed by atoms with van der Waals surface area (Å²) in [6, 6.07) is 0.240. The summed E-state index contributed by atoms with van der Waals surface area (Å²) < 4.78 is 24.4. The molecular weight excluding hydrogens is 261 g/mol. The second-order valence-electron chi connectivity index (χ2n) is 7.37. The van der Waals surface area contributed by atoms with Crippen molar-refractivity contribution >= 4 is 7.75 Å². The molecule has 0 aromatic heterocycles. The number of rotatable bonds is 4. The van der Waals surface area contributed by atoms with E-state index in [0.717, 1.165) is 12.8 Å². The Hall–Kier alpha value is 0.110. The SMILES string of the molecule is CC(C)(C)OP(=O)(NC1CCCCC1)OC(C)(C)C. The molecule has 0 atom stereocenters. The van der Waals surface area contributed by atoms with Crippen molar-refractivity contribution in [3.8, 4) is 0 Å². The lowest BCUT2D eigenvalue weighted by Gasteiger charge is -2.35. The third-order valence-electron chi connectivity index (χ3n) is 2.73. The number of hydrogen-bond acceptors (Lipinski definition) is 3. The zero-order valence-electron chi connectivity index (χ0n) is 13.3. The Bertz CT molecular complexity index is 305. The van der Waals surface area contributed by atoms with Crippen LogP contribution in [-0.4, -0.2) is 17.2 Å². The molecule has 114 valence electrons. The van der Waals surface area contributed by atoms with Crippen LogP contribution in [0.15, 0.2) is 0 Å². The molecule has 19 heavy (non-hydrogen) atoms. The van der Waals surface area contributed by atoms with Crippen LogP contribution < -0.4 is 5.09 Å². The van der Waals surface area contributed by atoms with Gasteiger partial charge in [0.15, 0.2) is 0 Å². The fraction of sp³-hybridized carbons (Fsp3) is 1.00. The molecule has 0 unspecified atom stereocenters. The average Bonchev–Trinajstić information content (AvgIpc) is 2.11. The smallest absolute Gasteiger partial charge is 0.291 e. The normalized spacial score (nSPS) is 19.7. The maximum Gasteiger partial charge on any atom is 0.406 e. The third-order valence-corrected chi connectivity index (χ3v) is 4.99. The Labute approximate surface area is 118 Å². The van der Waals surface area contributed by atoms with Gasteiger partial charge in [0.25, 0.3) is 0 Å². The van der Waals surface area contributed by atoms with E-state index in [0.29, 0.717) is 0 Å². The minimum atomic E-state index is -3.28. The molecule has 1 saturated carbocycles. The van der Waals surface area contributed by atoms with Crippen LogP contribution in [0.5, 0.6) is 0 Å². The quantitative estimate of drug-likeness (QED) is 0.766. The summed E-state index contributed by atoms with van der Waals surface area (Å²) in [5.41, 5.74) is -0.995. The van der Waals surface area contributed by atoms with Gasteiger partial charge in [0.2, 0.25) is 0 Å². The van der Waals surface area contributed by atoms with Gasteiger partial charge in [-0.1, -0.05) is 19.3 Å². The van der Waals surface area contributed by atoms with Crippen molar-refractivity contribution in [2.45, 2.75) is 90.9 Å². The van der Waals surface area contributed by atoms with Crippen LogP contribution in [-0.2, 0) is 13.6 Å². The Morgan fingerprint density at radius 3 is 1.68 bits per heavy atom. The summed E-state index contributed by atoms with van der Waals surface area (Å²) in [6.45, 7) is 11.4. The van der Waals surface area contributed by atoms with E-state index in [2.05, 4.69) is 5.09 Å². The van der Waals surface area contributed by atoms with Crippen molar-refractivity contribution in [2.75, 3.05) is 0 Å². The lowest BCUT2D eigenvalue weighted by molar-refractivity contribution is 0.0419. The van der Waals surface area contributed by atoms with Gasteiger partial charge in [-0.2, -0.15) is 0 Å². The van der Waals surface area contributed by atoms with Crippen molar-refractivity contribution in [1.82, 2.24) is 5.09 Å². The Morgan fingerprint density at radius 2 is 1.32 bits per heavy atom. The van der Waals surface area contributed by atoms with Crippen LogP contribution in [0.1, 0.15) is 73.6 Å². The molecule has 1 N–H and O–H groups in total. The van der Waals surface area contributed by atoms with Crippen molar-refractivity contribution in [3.63, 3.8) is 0 Å². The minimum absolute atomic E-state index is 0.240. The highest BCUT2D eigenvalue weighted by molar-refractivity contribution is 7.51. The predicted octanol–water partition coefficient (Wildman–Crippen LogP) is 4.65. The lowest BCUT2D eigenvalue weighted by atomic mass is 9.96. The van der Waals surface area contributed by atoms with Gasteiger partial charge in [-0.05, 0) is 54.4 Å². The van der Waals surface area contributed by atoms with Crippen LogP contribution in [0.3, 0.4) is 0 Å². The number of nitrogens with one attached hydrogen (secondary N) is 1. The molecule has 1 aliphatic carbocycles. The Balaban J connectivity index is 2.75. The molecule has 0 heterocycles. The van der Waals surface area contributed by atoms with E-state index in [4.69, 9.17) is 9.05 Å². The maximum absolute atomic E-state index is 13.0. The van der Waals surface area contributed by atoms with Gasteiger partial charge in [-0.15, -0.1) is 0 Å². The minimum Gasteiger partial charge on any atom is -0.291 e. The first kappa shape index (κ1) is 17.2. The van der Waals surface area contributed by atoms with E-state index < -0.39 is 18.9 Å². The zero-order valence-corrected chi connectivity index (χ0v) is 14.2. The zero-order chi connectivity index (χ0) is 14.7. The average molecular weight is 291 g/mol. The molecule has 0 aromatic rings. The van der Waals surface area contributed by atoms with Crippen LogP contribution in [0, 0.1) is 0 Å². The standard InChI is InChI=1S/C14H30NO3P/c1-13(2,3)17-19(16,18-14(4,5)6)15-12-10-8-7-9-11-12/h12H,7-11H2,1-6H3,(H,15,16). The van der Waals surface area contributed by atoms with Crippen molar-refractivity contribution < 1.29 is 13.6 Å². The summed E-state index contributed by atoms with van der Waals surface area (Å²) in [5, 5.41) is 3.16. The molecule has 0 saturated heterocycles. The van der Waals surface area contributed by atoms with Crippen LogP contribution in [0.4, 0.5) is 0 Å². The summed E-state index contributed by atoms with van der Waals surface area (Å²) >= 11 is 0. The van der Waals surface area contributed by atoms with Crippen LogP contribution >= 0.6 is 7.75 Å². The highest BCUT2D eigenvalue weighted by atomic mass is 31.2. The first-order valence-corrected chi connectivity index (χ1v) is 8.83. The van der Waals surface area contributed by atoms with Gasteiger partial charge in [0.1, 0.15) is 0 Å². The van der Waals surface area contributed by atoms with Crippen LogP contribution in [0.2, 0.25) is 0 Å². The summed E-state index contributed by atoms with van der Waals surface area (Å²) in [4.78, 5) is 0. The van der Waals surface area contributed by atoms with E-state index >= 15 is 0 Å². The molecule has 0 aromatic carbocycles. The monoisotopic (exact) mass is 291 g/mol. The second-order valence-corrected chi connectivity index (χ2v) is 8.99. The van der Waals surface area contributed by atoms with E-state index in [9.17, 15) is 4.57 Å². The van der Waals surface area contributed by atoms with Gasteiger partial charge in [0.05, 0.1) is 11.2 Å². The molecule has 4 nitrogen and oxygen atoms in total. The van der Waals surface area contributed by atoms with Crippen molar-refractivity contribution in [3.05, 3.63) is 0 Å². The van der Waals surface area contributed by atoms with Gasteiger partial charge in [0, 0.05) is 6.04 Å². The molecule has 0 aliphatic heterocycles. The fourth-order valence-electron chi connectivity index (χ4n) is 2.25. The first-order chi connectivity index (χ1) is 8.49. The lowest BCUT2D eigenvalue weighted by Crippen LogP contribution is -2.35. The van der Waals surface area contributed by atoms with Crippen molar-refractivity contribution in [2.24, 2.45) is 0 Å². The predicted molar refractivity (Wildman–Crippen MR) is 79.3 cm³/mol. The summed E-state index contributed by atoms with van der Waals surface area (Å²) in [5.74, 6) is 0. The second kappa shape index (κ2) is 6.26. The van der Waals surface area contributed by atoms with Gasteiger partial charge >= 0.3 is 7.75 Å². The van der Waals surface area contributed by atoms with E-state index in [1.165, 1.54) is 19.3 Å². The molecule has 0 radical (unpaired) electrons. The summed E-state index contributed by atoms with van der Waals surface area (Å²) in [6.07, 6.45) is 5.73. The molecule has 1 aliphatic rings. The van der Waals surface area contributed by atoms with Gasteiger partial charge < -0.3 is 0 Å². The number of hydrogen-bond donors (Lipinski definition) is 1. The molecule has 1 rings (SSSR count). The maximum atomic E-state index is 13.0. The molecule has 0 spiro atoms. The molecule has 0 bridgehead atoms. The van der Waals surface area contributed by atoms with E-state index in [1.807, 2.05) is 41.5 Å². The Kier molecular flexibility index (Phi) is 5.65.